The van der Waals surface area contributed by atoms with E-state index in [1.54, 1.807) is 6.08 Å². The molecule has 0 spiro atoms. The average Bonchev–Trinajstić information content (AvgIpc) is 2.93. The first-order valence-electron chi connectivity index (χ1n) is 14.4. The summed E-state index contributed by atoms with van der Waals surface area (Å²) in [5.41, 5.74) is 0.352. The topological polar surface area (TPSA) is 81.7 Å². The van der Waals surface area contributed by atoms with Gasteiger partial charge in [0.25, 0.3) is 0 Å². The molecule has 222 valence electrons. The molecule has 0 amide bonds. The molecule has 9 heteroatoms. The highest BCUT2D eigenvalue weighted by Gasteiger charge is 2.51. The van der Waals surface area contributed by atoms with Crippen LogP contribution in [0.25, 0.3) is 0 Å². The lowest BCUT2D eigenvalue weighted by molar-refractivity contribution is -0.313. The highest BCUT2D eigenvalue weighted by molar-refractivity contribution is 6.69. The van der Waals surface area contributed by atoms with Gasteiger partial charge in [0.15, 0.2) is 14.6 Å². The third kappa shape index (κ3) is 7.63. The Morgan fingerprint density at radius 2 is 1.93 bits per heavy atom. The first-order chi connectivity index (χ1) is 19.0. The van der Waals surface area contributed by atoms with Crippen LogP contribution in [0.15, 0.2) is 54.8 Å². The van der Waals surface area contributed by atoms with Crippen LogP contribution in [0.3, 0.4) is 0 Å². The van der Waals surface area contributed by atoms with Crippen LogP contribution in [0.5, 0.6) is 0 Å². The minimum absolute atomic E-state index is 0.0854. The summed E-state index contributed by atoms with van der Waals surface area (Å²) in [6.07, 6.45) is 4.68. The second kappa shape index (κ2) is 13.3. The molecule has 3 aliphatic heterocycles. The summed E-state index contributed by atoms with van der Waals surface area (Å²) < 4.78 is 43.2. The Morgan fingerprint density at radius 1 is 1.18 bits per heavy atom. The Balaban J connectivity index is 1.53. The van der Waals surface area contributed by atoms with Crippen LogP contribution in [0, 0.1) is 5.92 Å². The van der Waals surface area contributed by atoms with Crippen molar-refractivity contribution in [1.29, 1.82) is 0 Å². The molecule has 4 rings (SSSR count). The molecule has 0 N–H and O–H groups in total. The van der Waals surface area contributed by atoms with E-state index >= 15 is 0 Å². The average molecular weight is 575 g/mol. The summed E-state index contributed by atoms with van der Waals surface area (Å²) in [5, 5.41) is 0. The highest BCUT2D eigenvalue weighted by Crippen LogP contribution is 2.42. The van der Waals surface area contributed by atoms with Crippen LogP contribution in [0.2, 0.25) is 19.6 Å². The van der Waals surface area contributed by atoms with E-state index in [1.165, 1.54) is 7.11 Å². The predicted molar refractivity (Wildman–Crippen MR) is 154 cm³/mol. The van der Waals surface area contributed by atoms with Gasteiger partial charge in [0.1, 0.15) is 18.3 Å². The molecule has 8 atom stereocenters. The van der Waals surface area contributed by atoms with Gasteiger partial charge in [0.2, 0.25) is 5.76 Å². The number of benzene rings is 1. The molecule has 0 aromatic heterocycles. The maximum atomic E-state index is 12.8. The van der Waals surface area contributed by atoms with Crippen molar-refractivity contribution in [3.05, 3.63) is 60.4 Å². The second-order valence-electron chi connectivity index (χ2n) is 12.2. The molecule has 1 aromatic carbocycles. The zero-order valence-corrected chi connectivity index (χ0v) is 25.8. The minimum atomic E-state index is -1.98. The summed E-state index contributed by atoms with van der Waals surface area (Å²) in [6.45, 7) is 15.6. The first kappa shape index (κ1) is 30.9. The Labute approximate surface area is 240 Å². The number of hydrogen-bond donors (Lipinski definition) is 0. The van der Waals surface area contributed by atoms with E-state index in [-0.39, 0.29) is 42.2 Å². The number of methoxy groups -OCH3 is 1. The van der Waals surface area contributed by atoms with E-state index in [9.17, 15) is 4.79 Å². The largest absolute Gasteiger partial charge is 0.481 e. The lowest BCUT2D eigenvalue weighted by Gasteiger charge is -2.52. The second-order valence-corrected chi connectivity index (χ2v) is 16.6. The summed E-state index contributed by atoms with van der Waals surface area (Å²) in [5.74, 6) is -0.269. The fourth-order valence-electron chi connectivity index (χ4n) is 5.85. The number of carbonyl (C=O) groups is 1. The lowest BCUT2D eigenvalue weighted by atomic mass is 9.84. The van der Waals surface area contributed by atoms with Gasteiger partial charge in [-0.3, -0.25) is 0 Å². The van der Waals surface area contributed by atoms with Crippen molar-refractivity contribution in [2.24, 2.45) is 5.92 Å². The van der Waals surface area contributed by atoms with Crippen molar-refractivity contribution < 1.29 is 37.6 Å². The van der Waals surface area contributed by atoms with Crippen molar-refractivity contribution >= 4 is 14.3 Å². The smallest absolute Gasteiger partial charge is 0.372 e. The van der Waals surface area contributed by atoms with Crippen molar-refractivity contribution in [1.82, 2.24) is 0 Å². The molecule has 8 nitrogen and oxygen atoms in total. The van der Waals surface area contributed by atoms with Crippen LogP contribution in [-0.4, -0.2) is 70.7 Å². The number of fused-ring (bicyclic) bond motifs is 1. The van der Waals surface area contributed by atoms with E-state index in [4.69, 9.17) is 32.8 Å². The zero-order valence-electron chi connectivity index (χ0n) is 24.8. The zero-order chi connectivity index (χ0) is 28.9. The molecule has 3 saturated heterocycles. The van der Waals surface area contributed by atoms with Gasteiger partial charge in [0.05, 0.1) is 31.5 Å². The lowest BCUT2D eigenvalue weighted by Crippen LogP contribution is -2.61. The van der Waals surface area contributed by atoms with Crippen molar-refractivity contribution in [3.63, 3.8) is 0 Å². The van der Waals surface area contributed by atoms with Gasteiger partial charge in [-0.05, 0) is 51.9 Å². The molecule has 0 aliphatic carbocycles. The van der Waals surface area contributed by atoms with Gasteiger partial charge < -0.3 is 32.8 Å². The van der Waals surface area contributed by atoms with E-state index in [0.29, 0.717) is 26.1 Å². The maximum Gasteiger partial charge on any atom is 0.372 e. The molecule has 1 aromatic rings. The van der Waals surface area contributed by atoms with Gasteiger partial charge >= 0.3 is 5.97 Å². The van der Waals surface area contributed by atoms with Crippen molar-refractivity contribution in [2.45, 2.75) is 102 Å². The fraction of sp³-hybridized carbons (Fsp3) is 0.645. The number of esters is 1. The van der Waals surface area contributed by atoms with Gasteiger partial charge in [-0.1, -0.05) is 43.3 Å². The fourth-order valence-corrected chi connectivity index (χ4v) is 7.46. The van der Waals surface area contributed by atoms with Gasteiger partial charge in [0, 0.05) is 24.5 Å². The van der Waals surface area contributed by atoms with Crippen LogP contribution < -0.4 is 0 Å². The van der Waals surface area contributed by atoms with E-state index in [2.05, 4.69) is 33.1 Å². The van der Waals surface area contributed by atoms with Gasteiger partial charge in [-0.15, -0.1) is 6.58 Å². The molecular formula is C31H46O8Si. The number of ether oxygens (including phenoxy) is 6. The molecule has 0 bridgehead atoms. The Bertz CT molecular complexity index is 1020. The number of carbonyl (C=O) groups excluding carboxylic acids is 1. The quantitative estimate of drug-likeness (QED) is 0.116. The predicted octanol–water partition coefficient (Wildman–Crippen LogP) is 5.70. The highest BCUT2D eigenvalue weighted by atomic mass is 28.4. The molecule has 3 heterocycles. The van der Waals surface area contributed by atoms with E-state index < -0.39 is 26.2 Å². The van der Waals surface area contributed by atoms with Crippen LogP contribution in [-0.2, 0) is 37.6 Å². The molecular weight excluding hydrogens is 528 g/mol. The van der Waals surface area contributed by atoms with Crippen molar-refractivity contribution in [3.8, 4) is 0 Å². The Kier molecular flexibility index (Phi) is 10.3. The van der Waals surface area contributed by atoms with Crippen LogP contribution in [0.4, 0.5) is 0 Å². The minimum Gasteiger partial charge on any atom is -0.481 e. The number of hydrogen-bond acceptors (Lipinski definition) is 8. The Hall–Kier alpha value is -2.01. The molecule has 0 unspecified atom stereocenters. The monoisotopic (exact) mass is 574 g/mol. The standard InChI is InChI=1S/C31H46O8Si/c1-8-21(2)28-23(15-12-18-34-28)36-24(29(32)33-4)16-17-27-31(3,39-40(5,6)7)19-25-26(37-27)20-35-30(38-25)22-13-10-9-11-14-22/h8-11,13-14,16,21,23,25-28,30H,1,12,15,17-20H2,2-7H3/b24-16-/t21-,23+,25+,26-,27+,28-,30-,31-/m1/s1. The molecule has 0 radical (unpaired) electrons. The number of rotatable bonds is 10. The van der Waals surface area contributed by atoms with E-state index in [0.717, 1.165) is 18.4 Å². The Morgan fingerprint density at radius 3 is 2.60 bits per heavy atom. The molecule has 40 heavy (non-hydrogen) atoms. The third-order valence-corrected chi connectivity index (χ3v) is 8.82. The van der Waals surface area contributed by atoms with Gasteiger partial charge in [-0.25, -0.2) is 4.79 Å². The summed E-state index contributed by atoms with van der Waals surface area (Å²) >= 11 is 0. The molecule has 3 aliphatic rings. The summed E-state index contributed by atoms with van der Waals surface area (Å²) in [7, 11) is -0.617. The SMILES string of the molecule is C=C[C@@H](C)[C@H]1OCCC[C@@H]1O/C(=C\C[C@@H]1O[C@@H]2CO[C@@H](c3ccccc3)O[C@H]2C[C@@]1(C)O[Si](C)(C)C)C(=O)OC. The third-order valence-electron chi connectivity index (χ3n) is 7.74. The summed E-state index contributed by atoms with van der Waals surface area (Å²) in [4.78, 5) is 12.8. The van der Waals surface area contributed by atoms with Crippen LogP contribution >= 0.6 is 0 Å². The van der Waals surface area contributed by atoms with Crippen LogP contribution in [0.1, 0.15) is 51.4 Å². The van der Waals surface area contributed by atoms with Crippen molar-refractivity contribution in [2.75, 3.05) is 20.3 Å². The maximum absolute atomic E-state index is 12.8. The normalized spacial score (nSPS) is 33.9. The summed E-state index contributed by atoms with van der Waals surface area (Å²) in [6, 6.07) is 9.95. The van der Waals surface area contributed by atoms with E-state index in [1.807, 2.05) is 43.3 Å². The van der Waals surface area contributed by atoms with Gasteiger partial charge in [-0.2, -0.15) is 0 Å². The first-order valence-corrected chi connectivity index (χ1v) is 17.8. The molecule has 0 saturated carbocycles. The molecule has 3 fully saturated rings.